The van der Waals surface area contributed by atoms with Crippen molar-refractivity contribution in [3.8, 4) is 0 Å². The first-order valence-corrected chi connectivity index (χ1v) is 7.51. The maximum absolute atomic E-state index is 5.75. The van der Waals surface area contributed by atoms with Crippen LogP contribution in [0.3, 0.4) is 0 Å². The van der Waals surface area contributed by atoms with Crippen LogP contribution in [-0.4, -0.2) is 49.8 Å². The van der Waals surface area contributed by atoms with Crippen LogP contribution in [0.1, 0.15) is 18.4 Å². The van der Waals surface area contributed by atoms with Gasteiger partial charge in [0.05, 0.1) is 6.10 Å². The highest BCUT2D eigenvalue weighted by Gasteiger charge is 2.24. The number of benzene rings is 1. The second-order valence-electron chi connectivity index (χ2n) is 5.74. The minimum Gasteiger partial charge on any atom is -0.377 e. The van der Waals surface area contributed by atoms with Gasteiger partial charge < -0.3 is 10.1 Å². The third-order valence-electron chi connectivity index (χ3n) is 4.15. The first-order chi connectivity index (χ1) is 9.40. The number of nitrogens with one attached hydrogen (secondary N) is 1. The molecule has 0 radical (unpaired) electrons. The third kappa shape index (κ3) is 3.78. The molecular weight excluding hydrogens is 236 g/mol. The fraction of sp³-hybridized carbons (Fsp3) is 0.625. The van der Waals surface area contributed by atoms with Gasteiger partial charge in [0.25, 0.3) is 0 Å². The lowest BCUT2D eigenvalue weighted by Crippen LogP contribution is -2.53. The summed E-state index contributed by atoms with van der Waals surface area (Å²) in [6.45, 7) is 5.49. The Hall–Kier alpha value is -0.900. The van der Waals surface area contributed by atoms with Gasteiger partial charge in [0.2, 0.25) is 0 Å². The number of hydrogen-bond donors (Lipinski definition) is 1. The van der Waals surface area contributed by atoms with Gasteiger partial charge in [0.1, 0.15) is 0 Å². The third-order valence-corrected chi connectivity index (χ3v) is 4.15. The van der Waals surface area contributed by atoms with Gasteiger partial charge >= 0.3 is 0 Å². The van der Waals surface area contributed by atoms with Crippen molar-refractivity contribution in [2.75, 3.05) is 32.8 Å². The van der Waals surface area contributed by atoms with E-state index in [1.807, 2.05) is 0 Å². The Morgan fingerprint density at radius 3 is 2.95 bits per heavy atom. The van der Waals surface area contributed by atoms with Gasteiger partial charge in [-0.25, -0.2) is 0 Å². The Labute approximate surface area is 115 Å². The minimum atomic E-state index is 0.482. The summed E-state index contributed by atoms with van der Waals surface area (Å²) in [5, 5.41) is 3.64. The molecule has 2 fully saturated rings. The maximum atomic E-state index is 5.75. The molecule has 0 bridgehead atoms. The Bertz CT molecular complexity index is 376. The Kier molecular flexibility index (Phi) is 4.49. The summed E-state index contributed by atoms with van der Waals surface area (Å²) in [6.07, 6.45) is 4.09. The minimum absolute atomic E-state index is 0.482. The Balaban J connectivity index is 1.50. The van der Waals surface area contributed by atoms with Crippen molar-refractivity contribution in [3.05, 3.63) is 35.9 Å². The molecule has 1 aromatic carbocycles. The number of rotatable bonds is 4. The summed E-state index contributed by atoms with van der Waals surface area (Å²) in [7, 11) is 0. The molecule has 0 aliphatic carbocycles. The van der Waals surface area contributed by atoms with Gasteiger partial charge in [-0.15, -0.1) is 0 Å². The molecule has 3 heteroatoms. The average molecular weight is 260 g/mol. The summed E-state index contributed by atoms with van der Waals surface area (Å²) in [5.41, 5.74) is 1.43. The zero-order valence-electron chi connectivity index (χ0n) is 11.6. The molecule has 2 unspecified atom stereocenters. The lowest BCUT2D eigenvalue weighted by molar-refractivity contribution is 0.0626. The topological polar surface area (TPSA) is 24.5 Å². The van der Waals surface area contributed by atoms with Gasteiger partial charge in [0.15, 0.2) is 0 Å². The van der Waals surface area contributed by atoms with Crippen LogP contribution in [0.5, 0.6) is 0 Å². The van der Waals surface area contributed by atoms with Gasteiger partial charge in [-0.3, -0.25) is 4.90 Å². The van der Waals surface area contributed by atoms with Crippen molar-refractivity contribution in [3.63, 3.8) is 0 Å². The van der Waals surface area contributed by atoms with Crippen LogP contribution in [-0.2, 0) is 11.2 Å². The van der Waals surface area contributed by atoms with E-state index in [0.29, 0.717) is 12.1 Å². The van der Waals surface area contributed by atoms with Gasteiger partial charge in [-0.2, -0.15) is 0 Å². The van der Waals surface area contributed by atoms with E-state index < -0.39 is 0 Å². The number of hydrogen-bond acceptors (Lipinski definition) is 3. The van der Waals surface area contributed by atoms with Crippen molar-refractivity contribution >= 4 is 0 Å². The van der Waals surface area contributed by atoms with Gasteiger partial charge in [-0.05, 0) is 24.8 Å². The van der Waals surface area contributed by atoms with Crippen molar-refractivity contribution in [1.82, 2.24) is 10.2 Å². The molecule has 3 rings (SSSR count). The van der Waals surface area contributed by atoms with E-state index in [1.165, 1.54) is 18.4 Å². The molecule has 0 aromatic heterocycles. The van der Waals surface area contributed by atoms with Crippen LogP contribution in [0.4, 0.5) is 0 Å². The number of piperazine rings is 1. The SMILES string of the molecule is c1ccc(CC2CN(CC3CCCO3)CCN2)cc1. The molecule has 0 saturated carbocycles. The molecule has 2 aliphatic rings. The molecule has 3 nitrogen and oxygen atoms in total. The fourth-order valence-corrected chi connectivity index (χ4v) is 3.17. The lowest BCUT2D eigenvalue weighted by atomic mass is 10.0. The van der Waals surface area contributed by atoms with E-state index in [9.17, 15) is 0 Å². The van der Waals surface area contributed by atoms with Crippen molar-refractivity contribution < 1.29 is 4.74 Å². The smallest absolute Gasteiger partial charge is 0.0702 e. The van der Waals surface area contributed by atoms with Crippen molar-refractivity contribution in [2.45, 2.75) is 31.4 Å². The summed E-state index contributed by atoms with van der Waals surface area (Å²) >= 11 is 0. The van der Waals surface area contributed by atoms with Crippen LogP contribution in [0.15, 0.2) is 30.3 Å². The Morgan fingerprint density at radius 1 is 1.26 bits per heavy atom. The molecule has 1 N–H and O–H groups in total. The summed E-state index contributed by atoms with van der Waals surface area (Å²) in [4.78, 5) is 2.57. The lowest BCUT2D eigenvalue weighted by Gasteiger charge is -2.35. The van der Waals surface area contributed by atoms with E-state index in [2.05, 4.69) is 40.5 Å². The Morgan fingerprint density at radius 2 is 2.16 bits per heavy atom. The molecule has 19 heavy (non-hydrogen) atoms. The predicted molar refractivity (Wildman–Crippen MR) is 77.4 cm³/mol. The monoisotopic (exact) mass is 260 g/mol. The van der Waals surface area contributed by atoms with Crippen LogP contribution in [0.2, 0.25) is 0 Å². The van der Waals surface area contributed by atoms with Crippen LogP contribution in [0, 0.1) is 0 Å². The predicted octanol–water partition coefficient (Wildman–Crippen LogP) is 1.68. The molecule has 104 valence electrons. The van der Waals surface area contributed by atoms with E-state index in [0.717, 1.165) is 39.2 Å². The fourth-order valence-electron chi connectivity index (χ4n) is 3.17. The standard InChI is InChI=1S/C16H24N2O/c1-2-5-14(6-3-1)11-15-12-18(9-8-17-15)13-16-7-4-10-19-16/h1-3,5-6,15-17H,4,7-13H2. The van der Waals surface area contributed by atoms with E-state index in [1.54, 1.807) is 0 Å². The molecule has 2 heterocycles. The molecule has 2 aliphatic heterocycles. The first-order valence-electron chi connectivity index (χ1n) is 7.51. The summed E-state index contributed by atoms with van der Waals surface area (Å²) in [5.74, 6) is 0. The van der Waals surface area contributed by atoms with Gasteiger partial charge in [0, 0.05) is 38.8 Å². The normalized spacial score (nSPS) is 28.6. The number of nitrogens with zero attached hydrogens (tertiary/aromatic N) is 1. The average Bonchev–Trinajstić information content (AvgIpc) is 2.93. The van der Waals surface area contributed by atoms with Crippen LogP contribution >= 0.6 is 0 Å². The zero-order valence-corrected chi connectivity index (χ0v) is 11.6. The second-order valence-corrected chi connectivity index (χ2v) is 5.74. The van der Waals surface area contributed by atoms with Crippen molar-refractivity contribution in [1.29, 1.82) is 0 Å². The highest BCUT2D eigenvalue weighted by atomic mass is 16.5. The zero-order chi connectivity index (χ0) is 12.9. The van der Waals surface area contributed by atoms with E-state index in [-0.39, 0.29) is 0 Å². The molecular formula is C16H24N2O. The summed E-state index contributed by atoms with van der Waals surface area (Å²) < 4.78 is 5.75. The maximum Gasteiger partial charge on any atom is 0.0702 e. The van der Waals surface area contributed by atoms with E-state index in [4.69, 9.17) is 4.74 Å². The quantitative estimate of drug-likeness (QED) is 0.891. The molecule has 0 spiro atoms. The molecule has 2 saturated heterocycles. The highest BCUT2D eigenvalue weighted by molar-refractivity contribution is 5.16. The highest BCUT2D eigenvalue weighted by Crippen LogP contribution is 2.15. The van der Waals surface area contributed by atoms with Gasteiger partial charge in [-0.1, -0.05) is 30.3 Å². The largest absolute Gasteiger partial charge is 0.377 e. The van der Waals surface area contributed by atoms with E-state index >= 15 is 0 Å². The molecule has 0 amide bonds. The number of ether oxygens (including phenoxy) is 1. The van der Waals surface area contributed by atoms with Crippen LogP contribution < -0.4 is 5.32 Å². The van der Waals surface area contributed by atoms with Crippen LogP contribution in [0.25, 0.3) is 0 Å². The molecule has 1 aromatic rings. The van der Waals surface area contributed by atoms with Crippen molar-refractivity contribution in [2.24, 2.45) is 0 Å². The first kappa shape index (κ1) is 13.1. The summed E-state index contributed by atoms with van der Waals surface area (Å²) in [6, 6.07) is 11.4. The molecule has 2 atom stereocenters. The second kappa shape index (κ2) is 6.51.